The molecule has 0 saturated heterocycles. The standard InChI is InChI=1S/C21H22F3N3O3/c1-26(2)14-7-8-16(15(13-14)21(22,23)24)25-19(28)9-10-20(29)27-11-12-30-18-6-4-3-5-17(18)27/h3-8,13H,9-12H2,1-2H3,(H,25,28). The molecule has 30 heavy (non-hydrogen) atoms. The van der Waals surface area contributed by atoms with Gasteiger partial charge in [0.05, 0.1) is 23.5 Å². The summed E-state index contributed by atoms with van der Waals surface area (Å²) < 4.78 is 45.7. The maximum atomic E-state index is 13.4. The molecule has 0 aromatic heterocycles. The van der Waals surface area contributed by atoms with Gasteiger partial charge in [0, 0.05) is 32.6 Å². The van der Waals surface area contributed by atoms with Crippen LogP contribution in [0.1, 0.15) is 18.4 Å². The van der Waals surface area contributed by atoms with E-state index in [1.165, 1.54) is 17.0 Å². The highest BCUT2D eigenvalue weighted by Crippen LogP contribution is 2.37. The number of carbonyl (C=O) groups is 2. The summed E-state index contributed by atoms with van der Waals surface area (Å²) in [6, 6.07) is 10.7. The summed E-state index contributed by atoms with van der Waals surface area (Å²) in [7, 11) is 3.26. The lowest BCUT2D eigenvalue weighted by Crippen LogP contribution is -2.38. The van der Waals surface area contributed by atoms with E-state index in [2.05, 4.69) is 5.32 Å². The molecule has 0 spiro atoms. The molecule has 1 heterocycles. The van der Waals surface area contributed by atoms with E-state index in [0.717, 1.165) is 6.07 Å². The van der Waals surface area contributed by atoms with Gasteiger partial charge in [-0.15, -0.1) is 0 Å². The van der Waals surface area contributed by atoms with Crippen LogP contribution in [-0.2, 0) is 15.8 Å². The molecule has 2 amide bonds. The largest absolute Gasteiger partial charge is 0.490 e. The van der Waals surface area contributed by atoms with Crippen molar-refractivity contribution in [1.29, 1.82) is 0 Å². The third-order valence-corrected chi connectivity index (χ3v) is 4.69. The Labute approximate surface area is 172 Å². The van der Waals surface area contributed by atoms with Crippen molar-refractivity contribution in [3.05, 3.63) is 48.0 Å². The van der Waals surface area contributed by atoms with Gasteiger partial charge in [0.2, 0.25) is 11.8 Å². The van der Waals surface area contributed by atoms with E-state index in [4.69, 9.17) is 4.74 Å². The molecular formula is C21H22F3N3O3. The van der Waals surface area contributed by atoms with E-state index in [0.29, 0.717) is 30.3 Å². The van der Waals surface area contributed by atoms with E-state index in [-0.39, 0.29) is 24.4 Å². The molecule has 1 aliphatic rings. The van der Waals surface area contributed by atoms with Gasteiger partial charge in [0.25, 0.3) is 0 Å². The molecule has 1 N–H and O–H groups in total. The van der Waals surface area contributed by atoms with Gasteiger partial charge in [-0.25, -0.2) is 0 Å². The monoisotopic (exact) mass is 421 g/mol. The van der Waals surface area contributed by atoms with E-state index in [9.17, 15) is 22.8 Å². The minimum atomic E-state index is -4.62. The summed E-state index contributed by atoms with van der Waals surface area (Å²) >= 11 is 0. The fraction of sp³-hybridized carbons (Fsp3) is 0.333. The van der Waals surface area contributed by atoms with Crippen LogP contribution < -0.4 is 19.9 Å². The van der Waals surface area contributed by atoms with Gasteiger partial charge >= 0.3 is 6.18 Å². The number of rotatable bonds is 5. The second kappa shape index (κ2) is 8.64. The fourth-order valence-electron chi connectivity index (χ4n) is 3.15. The summed E-state index contributed by atoms with van der Waals surface area (Å²) in [5.74, 6) is -0.370. The van der Waals surface area contributed by atoms with Crippen LogP contribution >= 0.6 is 0 Å². The zero-order valence-corrected chi connectivity index (χ0v) is 16.6. The Hall–Kier alpha value is -3.23. The van der Waals surface area contributed by atoms with Gasteiger partial charge in [0.15, 0.2) is 0 Å². The van der Waals surface area contributed by atoms with Crippen molar-refractivity contribution in [1.82, 2.24) is 0 Å². The lowest BCUT2D eigenvalue weighted by Gasteiger charge is -2.29. The number of nitrogens with one attached hydrogen (secondary N) is 1. The summed E-state index contributed by atoms with van der Waals surface area (Å²) in [5, 5.41) is 2.29. The van der Waals surface area contributed by atoms with Gasteiger partial charge in [0.1, 0.15) is 12.4 Å². The van der Waals surface area contributed by atoms with Crippen molar-refractivity contribution >= 4 is 28.9 Å². The summed E-state index contributed by atoms with van der Waals surface area (Å²) in [4.78, 5) is 27.9. The molecule has 160 valence electrons. The number of hydrogen-bond donors (Lipinski definition) is 1. The van der Waals surface area contributed by atoms with Crippen LogP contribution in [0.3, 0.4) is 0 Å². The van der Waals surface area contributed by atoms with Gasteiger partial charge in [-0.3, -0.25) is 9.59 Å². The van der Waals surface area contributed by atoms with Gasteiger partial charge in [-0.2, -0.15) is 13.2 Å². The second-order valence-corrected chi connectivity index (χ2v) is 7.03. The number of carbonyl (C=O) groups excluding carboxylic acids is 2. The third kappa shape index (κ3) is 4.84. The maximum absolute atomic E-state index is 13.4. The van der Waals surface area contributed by atoms with Gasteiger partial charge < -0.3 is 19.9 Å². The zero-order chi connectivity index (χ0) is 21.9. The summed E-state index contributed by atoms with van der Waals surface area (Å²) in [5.41, 5.74) is -0.285. The van der Waals surface area contributed by atoms with Crippen molar-refractivity contribution < 1.29 is 27.5 Å². The molecule has 0 atom stereocenters. The Morgan fingerprint density at radius 2 is 1.87 bits per heavy atom. The second-order valence-electron chi connectivity index (χ2n) is 7.03. The van der Waals surface area contributed by atoms with E-state index < -0.39 is 17.6 Å². The number of anilines is 3. The van der Waals surface area contributed by atoms with Crippen molar-refractivity contribution in [3.63, 3.8) is 0 Å². The van der Waals surface area contributed by atoms with E-state index in [1.807, 2.05) is 0 Å². The first-order valence-electron chi connectivity index (χ1n) is 9.37. The number of para-hydroxylation sites is 2. The van der Waals surface area contributed by atoms with Gasteiger partial charge in [-0.05, 0) is 30.3 Å². The molecule has 2 aromatic rings. The van der Waals surface area contributed by atoms with Crippen LogP contribution in [0.4, 0.5) is 30.2 Å². The molecule has 6 nitrogen and oxygen atoms in total. The Morgan fingerprint density at radius 1 is 1.13 bits per heavy atom. The molecular weight excluding hydrogens is 399 g/mol. The first-order chi connectivity index (χ1) is 14.2. The zero-order valence-electron chi connectivity index (χ0n) is 16.6. The first-order valence-corrected chi connectivity index (χ1v) is 9.37. The summed E-state index contributed by atoms with van der Waals surface area (Å²) in [6.45, 7) is 0.684. The topological polar surface area (TPSA) is 61.9 Å². The average Bonchev–Trinajstić information content (AvgIpc) is 2.71. The Balaban J connectivity index is 1.66. The third-order valence-electron chi connectivity index (χ3n) is 4.69. The number of alkyl halides is 3. The van der Waals surface area contributed by atoms with Crippen LogP contribution in [-0.4, -0.2) is 39.1 Å². The quantitative estimate of drug-likeness (QED) is 0.795. The SMILES string of the molecule is CN(C)c1ccc(NC(=O)CCC(=O)N2CCOc3ccccc32)c(C(F)(F)F)c1. The van der Waals surface area contributed by atoms with Crippen LogP contribution in [0, 0.1) is 0 Å². The average molecular weight is 421 g/mol. The number of fused-ring (bicyclic) bond motifs is 1. The Morgan fingerprint density at radius 3 is 2.57 bits per heavy atom. The van der Waals surface area contributed by atoms with Gasteiger partial charge in [-0.1, -0.05) is 12.1 Å². The lowest BCUT2D eigenvalue weighted by atomic mass is 10.1. The maximum Gasteiger partial charge on any atom is 0.418 e. The van der Waals surface area contributed by atoms with E-state index in [1.54, 1.807) is 43.3 Å². The molecule has 0 saturated carbocycles. The number of hydrogen-bond acceptors (Lipinski definition) is 4. The molecule has 1 aliphatic heterocycles. The number of halogens is 3. The molecule has 0 unspecified atom stereocenters. The van der Waals surface area contributed by atoms with Crippen LogP contribution in [0.15, 0.2) is 42.5 Å². The highest BCUT2D eigenvalue weighted by Gasteiger charge is 2.34. The first kappa shape index (κ1) is 21.5. The molecule has 0 bridgehead atoms. The number of ether oxygens (including phenoxy) is 1. The van der Waals surface area contributed by atoms with Crippen molar-refractivity contribution in [2.45, 2.75) is 19.0 Å². The van der Waals surface area contributed by atoms with Crippen LogP contribution in [0.5, 0.6) is 5.75 Å². The Bertz CT molecular complexity index is 945. The number of nitrogens with zero attached hydrogens (tertiary/aromatic N) is 2. The fourth-order valence-corrected chi connectivity index (χ4v) is 3.15. The Kier molecular flexibility index (Phi) is 6.19. The minimum Gasteiger partial charge on any atom is -0.490 e. The van der Waals surface area contributed by atoms with E-state index >= 15 is 0 Å². The molecule has 2 aromatic carbocycles. The minimum absolute atomic E-state index is 0.128. The van der Waals surface area contributed by atoms with Crippen molar-refractivity contribution in [2.24, 2.45) is 0 Å². The molecule has 0 fully saturated rings. The highest BCUT2D eigenvalue weighted by molar-refractivity contribution is 5.99. The number of benzene rings is 2. The smallest absolute Gasteiger partial charge is 0.418 e. The van der Waals surface area contributed by atoms with Crippen molar-refractivity contribution in [3.8, 4) is 5.75 Å². The molecule has 0 radical (unpaired) electrons. The molecule has 0 aliphatic carbocycles. The normalized spacial score (nSPS) is 13.3. The van der Waals surface area contributed by atoms with Crippen molar-refractivity contribution in [2.75, 3.05) is 42.4 Å². The predicted octanol–water partition coefficient (Wildman–Crippen LogP) is 3.92. The van der Waals surface area contributed by atoms with Crippen LogP contribution in [0.2, 0.25) is 0 Å². The predicted molar refractivity (Wildman–Crippen MR) is 108 cm³/mol. The molecule has 3 rings (SSSR count). The highest BCUT2D eigenvalue weighted by atomic mass is 19.4. The number of amides is 2. The molecule has 9 heteroatoms. The van der Waals surface area contributed by atoms with Crippen LogP contribution in [0.25, 0.3) is 0 Å². The lowest BCUT2D eigenvalue weighted by molar-refractivity contribution is -0.137. The summed E-state index contributed by atoms with van der Waals surface area (Å²) in [6.07, 6.45) is -4.98.